The van der Waals surface area contributed by atoms with Crippen LogP contribution in [0.2, 0.25) is 0 Å². The Labute approximate surface area is 154 Å². The van der Waals surface area contributed by atoms with Crippen LogP contribution in [0.3, 0.4) is 0 Å². The first-order valence-corrected chi connectivity index (χ1v) is 9.85. The molecule has 0 amide bonds. The smallest absolute Gasteiger partial charge is 0.403 e. The van der Waals surface area contributed by atoms with E-state index in [2.05, 4.69) is 0 Å². The Bertz CT molecular complexity index is 1010. The molecule has 0 aliphatic heterocycles. The van der Waals surface area contributed by atoms with Crippen molar-refractivity contribution in [3.05, 3.63) is 54.1 Å². The average Bonchev–Trinajstić information content (AvgIpc) is 2.61. The van der Waals surface area contributed by atoms with Crippen LogP contribution in [0.5, 0.6) is 5.75 Å². The molecule has 0 aliphatic rings. The minimum absolute atomic E-state index is 0.0982. The van der Waals surface area contributed by atoms with E-state index >= 15 is 0 Å². The van der Waals surface area contributed by atoms with Gasteiger partial charge in [-0.3, -0.25) is 9.05 Å². The largest absolute Gasteiger partial charge is 0.530 e. The topological polar surface area (TPSA) is 44.8 Å². The van der Waals surface area contributed by atoms with Crippen molar-refractivity contribution >= 4 is 29.4 Å². The fourth-order valence-corrected chi connectivity index (χ4v) is 4.05. The first-order valence-electron chi connectivity index (χ1n) is 8.39. The highest BCUT2D eigenvalue weighted by Crippen LogP contribution is 2.51. The molecule has 0 radical (unpaired) electrons. The van der Waals surface area contributed by atoms with Crippen LogP contribution < -0.4 is 4.52 Å². The molecule has 0 aliphatic carbocycles. The number of hydrogen-bond acceptors (Lipinski definition) is 4. The Hall–Kier alpha value is -2.08. The van der Waals surface area contributed by atoms with E-state index in [1.54, 1.807) is 44.2 Å². The van der Waals surface area contributed by atoms with Crippen LogP contribution in [0.25, 0.3) is 21.5 Å². The lowest BCUT2D eigenvalue weighted by molar-refractivity contribution is -0.137. The van der Waals surface area contributed by atoms with Gasteiger partial charge in [-0.15, -0.1) is 0 Å². The summed E-state index contributed by atoms with van der Waals surface area (Å²) in [5, 5.41) is 2.02. The third-order valence-corrected chi connectivity index (χ3v) is 5.50. The molecule has 0 fully saturated rings. The summed E-state index contributed by atoms with van der Waals surface area (Å²) in [4.78, 5) is 0. The van der Waals surface area contributed by atoms with Gasteiger partial charge in [-0.2, -0.15) is 13.2 Å². The van der Waals surface area contributed by atoms with Crippen molar-refractivity contribution in [2.24, 2.45) is 0 Å². The number of hydrogen-bond donors (Lipinski definition) is 0. The highest BCUT2D eigenvalue weighted by Gasteiger charge is 2.32. The summed E-state index contributed by atoms with van der Waals surface area (Å²) in [6.45, 7) is 3.48. The molecule has 0 bridgehead atoms. The van der Waals surface area contributed by atoms with E-state index in [4.69, 9.17) is 13.6 Å². The second kappa shape index (κ2) is 7.50. The Kier molecular flexibility index (Phi) is 5.47. The summed E-state index contributed by atoms with van der Waals surface area (Å²) < 4.78 is 68.1. The van der Waals surface area contributed by atoms with Crippen LogP contribution in [0.4, 0.5) is 13.2 Å². The van der Waals surface area contributed by atoms with Crippen LogP contribution in [0, 0.1) is 0 Å². The fraction of sp³-hybridized carbons (Fsp3) is 0.263. The zero-order valence-corrected chi connectivity index (χ0v) is 15.6. The van der Waals surface area contributed by atoms with E-state index in [-0.39, 0.29) is 19.0 Å². The van der Waals surface area contributed by atoms with Crippen molar-refractivity contribution in [1.82, 2.24) is 0 Å². The van der Waals surface area contributed by atoms with Crippen molar-refractivity contribution in [3.63, 3.8) is 0 Å². The summed E-state index contributed by atoms with van der Waals surface area (Å²) >= 11 is 0. The van der Waals surface area contributed by atoms with Gasteiger partial charge in [0, 0.05) is 5.39 Å². The SMILES string of the molecule is CCOP(=O)(OCC)Oc1cc2ccccc2c2cc(C(F)(F)F)ccc12. The Balaban J connectivity index is 2.24. The summed E-state index contributed by atoms with van der Waals surface area (Å²) in [6, 6.07) is 11.9. The fourth-order valence-electron chi connectivity index (χ4n) is 2.85. The molecule has 3 aromatic rings. The van der Waals surface area contributed by atoms with Crippen molar-refractivity contribution in [1.29, 1.82) is 0 Å². The summed E-state index contributed by atoms with van der Waals surface area (Å²) in [5.41, 5.74) is -0.768. The molecule has 3 rings (SSSR count). The number of fused-ring (bicyclic) bond motifs is 3. The van der Waals surface area contributed by atoms with Gasteiger partial charge in [0.1, 0.15) is 5.75 Å². The number of benzene rings is 3. The highest BCUT2D eigenvalue weighted by molar-refractivity contribution is 7.48. The quantitative estimate of drug-likeness (QED) is 0.348. The first-order chi connectivity index (χ1) is 12.8. The molecule has 0 spiro atoms. The molecule has 3 aromatic carbocycles. The van der Waals surface area contributed by atoms with Gasteiger partial charge in [0.05, 0.1) is 18.8 Å². The van der Waals surface area contributed by atoms with Crippen LogP contribution in [-0.4, -0.2) is 13.2 Å². The molecule has 0 atom stereocenters. The number of phosphoric acid groups is 1. The zero-order valence-electron chi connectivity index (χ0n) is 14.7. The van der Waals surface area contributed by atoms with E-state index in [1.807, 2.05) is 0 Å². The molecular weight excluding hydrogens is 380 g/mol. The second-order valence-electron chi connectivity index (χ2n) is 5.73. The Morgan fingerprint density at radius 3 is 2.19 bits per heavy atom. The van der Waals surface area contributed by atoms with E-state index in [0.29, 0.717) is 21.5 Å². The van der Waals surface area contributed by atoms with Crippen molar-refractivity contribution in [2.75, 3.05) is 13.2 Å². The predicted octanol–water partition coefficient (Wildman–Crippen LogP) is 6.57. The number of phosphoric ester groups is 1. The van der Waals surface area contributed by atoms with Crippen molar-refractivity contribution < 1.29 is 31.3 Å². The monoisotopic (exact) mass is 398 g/mol. The van der Waals surface area contributed by atoms with Gasteiger partial charge >= 0.3 is 14.0 Å². The van der Waals surface area contributed by atoms with Crippen LogP contribution >= 0.6 is 7.82 Å². The molecule has 0 saturated heterocycles. The second-order valence-corrected chi connectivity index (χ2v) is 7.32. The molecule has 0 heterocycles. The molecule has 0 saturated carbocycles. The van der Waals surface area contributed by atoms with Gasteiger partial charge in [-0.25, -0.2) is 4.57 Å². The predicted molar refractivity (Wildman–Crippen MR) is 97.9 cm³/mol. The molecular formula is C19H18F3O4P. The molecule has 0 N–H and O–H groups in total. The molecule has 27 heavy (non-hydrogen) atoms. The van der Waals surface area contributed by atoms with Crippen LogP contribution in [0.15, 0.2) is 48.5 Å². The Morgan fingerprint density at radius 2 is 1.56 bits per heavy atom. The summed E-state index contributed by atoms with van der Waals surface area (Å²) in [5.74, 6) is 0.141. The average molecular weight is 398 g/mol. The lowest BCUT2D eigenvalue weighted by Gasteiger charge is -2.19. The standard InChI is InChI=1S/C19H18F3O4P/c1-3-24-27(23,25-4-2)26-18-11-13-7-5-6-8-15(13)17-12-14(19(20,21)22)9-10-16(17)18/h5-12H,3-4H2,1-2H3. The zero-order chi connectivity index (χ0) is 19.7. The van der Waals surface area contributed by atoms with Crippen molar-refractivity contribution in [2.45, 2.75) is 20.0 Å². The first kappa shape index (κ1) is 19.7. The van der Waals surface area contributed by atoms with Gasteiger partial charge in [0.25, 0.3) is 0 Å². The Morgan fingerprint density at radius 1 is 0.889 bits per heavy atom. The highest BCUT2D eigenvalue weighted by atomic mass is 31.2. The molecule has 0 unspecified atom stereocenters. The summed E-state index contributed by atoms with van der Waals surface area (Å²) in [6.07, 6.45) is -4.47. The van der Waals surface area contributed by atoms with E-state index in [1.165, 1.54) is 6.07 Å². The van der Waals surface area contributed by atoms with Gasteiger partial charge in [0.2, 0.25) is 0 Å². The number of alkyl halides is 3. The lowest BCUT2D eigenvalue weighted by Crippen LogP contribution is -2.05. The van der Waals surface area contributed by atoms with Gasteiger partial charge in [-0.1, -0.05) is 30.3 Å². The molecule has 144 valence electrons. The van der Waals surface area contributed by atoms with Gasteiger partial charge in [-0.05, 0) is 48.2 Å². The van der Waals surface area contributed by atoms with Crippen molar-refractivity contribution in [3.8, 4) is 5.75 Å². The lowest BCUT2D eigenvalue weighted by atomic mass is 9.99. The molecule has 8 heteroatoms. The third-order valence-electron chi connectivity index (χ3n) is 3.93. The van der Waals surface area contributed by atoms with Gasteiger partial charge in [0.15, 0.2) is 0 Å². The number of halogens is 3. The third kappa shape index (κ3) is 4.10. The number of rotatable bonds is 6. The molecule has 4 nitrogen and oxygen atoms in total. The maximum atomic E-state index is 13.2. The normalized spacial score (nSPS) is 12.6. The molecule has 0 aromatic heterocycles. The van der Waals surface area contributed by atoms with E-state index < -0.39 is 19.6 Å². The van der Waals surface area contributed by atoms with E-state index in [0.717, 1.165) is 12.1 Å². The van der Waals surface area contributed by atoms with Crippen LogP contribution in [0.1, 0.15) is 19.4 Å². The maximum absolute atomic E-state index is 13.2. The maximum Gasteiger partial charge on any atom is 0.530 e. The van der Waals surface area contributed by atoms with Crippen LogP contribution in [-0.2, 0) is 19.8 Å². The minimum atomic E-state index is -4.47. The van der Waals surface area contributed by atoms with E-state index in [9.17, 15) is 17.7 Å². The minimum Gasteiger partial charge on any atom is -0.403 e. The summed E-state index contributed by atoms with van der Waals surface area (Å²) in [7, 11) is -3.89. The van der Waals surface area contributed by atoms with Gasteiger partial charge < -0.3 is 4.52 Å².